The molecule has 0 aliphatic heterocycles. The minimum atomic E-state index is -0.224. The van der Waals surface area contributed by atoms with Gasteiger partial charge in [0.15, 0.2) is 0 Å². The van der Waals surface area contributed by atoms with Crippen LogP contribution in [0.25, 0.3) is 0 Å². The van der Waals surface area contributed by atoms with Crippen LogP contribution in [-0.4, -0.2) is 15.6 Å². The van der Waals surface area contributed by atoms with Crippen molar-refractivity contribution in [2.24, 2.45) is 12.5 Å². The van der Waals surface area contributed by atoms with Crippen LogP contribution in [0.15, 0.2) is 12.3 Å². The topological polar surface area (TPSA) is 34.9 Å². The quantitative estimate of drug-likeness (QED) is 0.737. The smallest absolute Gasteiger partial charge is 0.138 e. The van der Waals surface area contributed by atoms with Crippen molar-refractivity contribution in [1.82, 2.24) is 9.78 Å². The second-order valence-electron chi connectivity index (χ2n) is 4.62. The summed E-state index contributed by atoms with van der Waals surface area (Å²) in [4.78, 5) is 11.6. The van der Waals surface area contributed by atoms with E-state index in [0.29, 0.717) is 12.2 Å². The molecule has 0 unspecified atom stereocenters. The average Bonchev–Trinajstić information content (AvgIpc) is 2.45. The molecule has 14 heavy (non-hydrogen) atoms. The normalized spacial score (nSPS) is 11.7. The highest BCUT2D eigenvalue weighted by atomic mass is 16.1. The first kappa shape index (κ1) is 11.0. The van der Waals surface area contributed by atoms with E-state index in [1.54, 1.807) is 6.20 Å². The van der Waals surface area contributed by atoms with Gasteiger partial charge in [-0.1, -0.05) is 20.8 Å². The number of carbonyl (C=O) groups excluding carboxylic acids is 1. The van der Waals surface area contributed by atoms with Crippen molar-refractivity contribution in [2.45, 2.75) is 33.6 Å². The van der Waals surface area contributed by atoms with Crippen LogP contribution in [0.1, 0.15) is 32.9 Å². The second-order valence-corrected chi connectivity index (χ2v) is 4.62. The third-order valence-electron chi connectivity index (χ3n) is 2.37. The van der Waals surface area contributed by atoms with Crippen LogP contribution in [0.4, 0.5) is 0 Å². The summed E-state index contributed by atoms with van der Waals surface area (Å²) in [6.45, 7) is 5.87. The number of carbonyl (C=O) groups is 1. The monoisotopic (exact) mass is 194 g/mol. The first-order valence-corrected chi connectivity index (χ1v) is 4.91. The number of Topliss-reactive ketones (excluding diaryl/α,β-unsaturated/α-hetero) is 1. The zero-order valence-electron chi connectivity index (χ0n) is 9.37. The molecular weight excluding hydrogens is 176 g/mol. The minimum absolute atomic E-state index is 0.224. The molecule has 3 heteroatoms. The maximum atomic E-state index is 11.6. The van der Waals surface area contributed by atoms with Crippen LogP contribution in [0.3, 0.4) is 0 Å². The number of aryl methyl sites for hydroxylation is 2. The molecule has 0 radical (unpaired) electrons. The van der Waals surface area contributed by atoms with Gasteiger partial charge >= 0.3 is 0 Å². The van der Waals surface area contributed by atoms with Gasteiger partial charge in [0.05, 0.1) is 0 Å². The lowest BCUT2D eigenvalue weighted by Crippen LogP contribution is -2.20. The maximum Gasteiger partial charge on any atom is 0.138 e. The van der Waals surface area contributed by atoms with Crippen LogP contribution in [0.5, 0.6) is 0 Å². The Kier molecular flexibility index (Phi) is 3.09. The Hall–Kier alpha value is -1.12. The molecule has 0 aromatic carbocycles. The van der Waals surface area contributed by atoms with Gasteiger partial charge in [0.25, 0.3) is 0 Å². The predicted octanol–water partition coefficient (Wildman–Crippen LogP) is 1.97. The van der Waals surface area contributed by atoms with Crippen LogP contribution >= 0.6 is 0 Å². The van der Waals surface area contributed by atoms with Gasteiger partial charge < -0.3 is 0 Å². The van der Waals surface area contributed by atoms with Gasteiger partial charge in [-0.2, -0.15) is 5.10 Å². The molecule has 0 aliphatic carbocycles. The molecule has 0 N–H and O–H groups in total. The number of rotatable bonds is 3. The molecule has 0 amide bonds. The summed E-state index contributed by atoms with van der Waals surface area (Å²) in [6.07, 6.45) is 3.15. The molecule has 0 saturated carbocycles. The van der Waals surface area contributed by atoms with Gasteiger partial charge in [-0.05, 0) is 12.5 Å². The Morgan fingerprint density at radius 3 is 2.57 bits per heavy atom. The number of aromatic nitrogens is 2. The molecule has 1 aromatic heterocycles. The maximum absolute atomic E-state index is 11.6. The van der Waals surface area contributed by atoms with E-state index in [9.17, 15) is 4.79 Å². The fourth-order valence-electron chi connectivity index (χ4n) is 1.26. The van der Waals surface area contributed by atoms with E-state index in [2.05, 4.69) is 5.10 Å². The Morgan fingerprint density at radius 1 is 1.50 bits per heavy atom. The van der Waals surface area contributed by atoms with E-state index < -0.39 is 0 Å². The van der Waals surface area contributed by atoms with E-state index in [1.807, 2.05) is 38.6 Å². The van der Waals surface area contributed by atoms with Crippen molar-refractivity contribution >= 4 is 5.78 Å². The third-order valence-corrected chi connectivity index (χ3v) is 2.37. The Labute approximate surface area is 85.1 Å². The molecule has 0 spiro atoms. The van der Waals surface area contributed by atoms with Gasteiger partial charge in [-0.25, -0.2) is 0 Å². The standard InChI is InChI=1S/C11H18N2O/c1-11(2,3)10(14)6-5-9-7-8-12-13(9)4/h7-8H,5-6H2,1-4H3. The average molecular weight is 194 g/mol. The molecule has 0 saturated heterocycles. The Bertz CT molecular complexity index is 320. The van der Waals surface area contributed by atoms with Crippen LogP contribution in [0.2, 0.25) is 0 Å². The third kappa shape index (κ3) is 2.69. The van der Waals surface area contributed by atoms with E-state index in [1.165, 1.54) is 0 Å². The van der Waals surface area contributed by atoms with Crippen molar-refractivity contribution in [2.75, 3.05) is 0 Å². The second kappa shape index (κ2) is 3.95. The summed E-state index contributed by atoms with van der Waals surface area (Å²) in [6, 6.07) is 1.95. The molecular formula is C11H18N2O. The highest BCUT2D eigenvalue weighted by molar-refractivity contribution is 5.83. The van der Waals surface area contributed by atoms with Crippen molar-refractivity contribution in [1.29, 1.82) is 0 Å². The molecule has 0 aliphatic rings. The summed E-state index contributed by atoms with van der Waals surface area (Å²) in [5.74, 6) is 0.304. The van der Waals surface area contributed by atoms with Gasteiger partial charge in [0, 0.05) is 30.8 Å². The minimum Gasteiger partial charge on any atom is -0.299 e. The molecule has 78 valence electrons. The van der Waals surface area contributed by atoms with E-state index in [4.69, 9.17) is 0 Å². The van der Waals surface area contributed by atoms with Gasteiger partial charge in [-0.3, -0.25) is 9.48 Å². The molecule has 1 rings (SSSR count). The Balaban J connectivity index is 2.50. The lowest BCUT2D eigenvalue weighted by atomic mass is 9.88. The molecule has 3 nitrogen and oxygen atoms in total. The van der Waals surface area contributed by atoms with E-state index >= 15 is 0 Å². The number of nitrogens with zero attached hydrogens (tertiary/aromatic N) is 2. The molecule has 0 fully saturated rings. The van der Waals surface area contributed by atoms with Crippen molar-refractivity contribution in [3.05, 3.63) is 18.0 Å². The highest BCUT2D eigenvalue weighted by Crippen LogP contribution is 2.17. The highest BCUT2D eigenvalue weighted by Gasteiger charge is 2.20. The lowest BCUT2D eigenvalue weighted by molar-refractivity contribution is -0.126. The fourth-order valence-corrected chi connectivity index (χ4v) is 1.26. The zero-order chi connectivity index (χ0) is 10.8. The van der Waals surface area contributed by atoms with Crippen LogP contribution in [-0.2, 0) is 18.3 Å². The summed E-state index contributed by atoms with van der Waals surface area (Å²) in [5, 5.41) is 4.06. The molecule has 0 bridgehead atoms. The molecule has 1 aromatic rings. The number of hydrogen-bond acceptors (Lipinski definition) is 2. The van der Waals surface area contributed by atoms with Gasteiger partial charge in [-0.15, -0.1) is 0 Å². The first-order valence-electron chi connectivity index (χ1n) is 4.91. The largest absolute Gasteiger partial charge is 0.299 e. The number of ketones is 1. The van der Waals surface area contributed by atoms with Crippen molar-refractivity contribution in [3.8, 4) is 0 Å². The SMILES string of the molecule is Cn1nccc1CCC(=O)C(C)(C)C. The van der Waals surface area contributed by atoms with E-state index in [0.717, 1.165) is 12.1 Å². The molecule has 1 heterocycles. The fraction of sp³-hybridized carbons (Fsp3) is 0.636. The summed E-state index contributed by atoms with van der Waals surface area (Å²) >= 11 is 0. The van der Waals surface area contributed by atoms with Gasteiger partial charge in [0.1, 0.15) is 5.78 Å². The molecule has 0 atom stereocenters. The summed E-state index contributed by atoms with van der Waals surface area (Å²) < 4.78 is 1.82. The predicted molar refractivity (Wildman–Crippen MR) is 56.0 cm³/mol. The van der Waals surface area contributed by atoms with Crippen molar-refractivity contribution in [3.63, 3.8) is 0 Å². The van der Waals surface area contributed by atoms with Crippen LogP contribution < -0.4 is 0 Å². The van der Waals surface area contributed by atoms with Crippen molar-refractivity contribution < 1.29 is 4.79 Å². The first-order chi connectivity index (χ1) is 6.41. The lowest BCUT2D eigenvalue weighted by Gasteiger charge is -2.16. The summed E-state index contributed by atoms with van der Waals surface area (Å²) in [7, 11) is 1.90. The van der Waals surface area contributed by atoms with E-state index in [-0.39, 0.29) is 5.41 Å². The Morgan fingerprint density at radius 2 is 2.14 bits per heavy atom. The van der Waals surface area contributed by atoms with Gasteiger partial charge in [0.2, 0.25) is 0 Å². The summed E-state index contributed by atoms with van der Waals surface area (Å²) in [5.41, 5.74) is 0.890. The zero-order valence-corrected chi connectivity index (χ0v) is 9.37. The van der Waals surface area contributed by atoms with Crippen LogP contribution in [0, 0.1) is 5.41 Å². The number of hydrogen-bond donors (Lipinski definition) is 0.